The molecule has 0 aliphatic carbocycles. The average molecular weight is 289 g/mol. The molecular weight excluding hydrogens is 272 g/mol. The number of nitrogens with one attached hydrogen (secondary N) is 1. The van der Waals surface area contributed by atoms with E-state index < -0.39 is 0 Å². The van der Waals surface area contributed by atoms with Gasteiger partial charge in [0.2, 0.25) is 0 Å². The van der Waals surface area contributed by atoms with E-state index in [-0.39, 0.29) is 0 Å². The van der Waals surface area contributed by atoms with E-state index >= 15 is 0 Å². The maximum atomic E-state index is 6.13. The second-order valence-corrected chi connectivity index (χ2v) is 5.25. The first kappa shape index (κ1) is 13.2. The summed E-state index contributed by atoms with van der Waals surface area (Å²) in [6.07, 6.45) is 5.98. The molecule has 0 saturated carbocycles. The molecule has 0 saturated heterocycles. The number of fused-ring (bicyclic) bond motifs is 1. The van der Waals surface area contributed by atoms with Crippen LogP contribution in [0.4, 0.5) is 0 Å². The Balaban J connectivity index is 1.94. The highest BCUT2D eigenvalue weighted by molar-refractivity contribution is 6.31. The van der Waals surface area contributed by atoms with Crippen LogP contribution in [0.15, 0.2) is 42.9 Å². The molecule has 4 nitrogen and oxygen atoms in total. The number of hydrogen-bond donors (Lipinski definition) is 1. The standard InChI is InChI=1S/C15H17ClN4/c1-17-10-12-11-19(7-8-20-6-2-5-18-20)15-9-13(16)3-4-14(12)15/h2-6,9,11,17H,7-8,10H2,1H3. The molecule has 0 aliphatic rings. The zero-order valence-electron chi connectivity index (χ0n) is 11.4. The molecule has 0 fully saturated rings. The molecule has 5 heteroatoms. The highest BCUT2D eigenvalue weighted by atomic mass is 35.5. The van der Waals surface area contributed by atoms with E-state index in [4.69, 9.17) is 11.6 Å². The number of nitrogens with zero attached hydrogens (tertiary/aromatic N) is 3. The molecule has 0 atom stereocenters. The molecule has 1 aromatic carbocycles. The lowest BCUT2D eigenvalue weighted by Crippen LogP contribution is -2.07. The summed E-state index contributed by atoms with van der Waals surface area (Å²) >= 11 is 6.13. The highest BCUT2D eigenvalue weighted by Crippen LogP contribution is 2.25. The first-order valence-electron chi connectivity index (χ1n) is 6.67. The quantitative estimate of drug-likeness (QED) is 0.783. The van der Waals surface area contributed by atoms with Crippen LogP contribution in [0.25, 0.3) is 10.9 Å². The number of benzene rings is 1. The molecule has 0 spiro atoms. The van der Waals surface area contributed by atoms with Crippen LogP contribution in [0.5, 0.6) is 0 Å². The van der Waals surface area contributed by atoms with Crippen molar-refractivity contribution in [3.8, 4) is 0 Å². The lowest BCUT2D eigenvalue weighted by atomic mass is 10.2. The third-order valence-electron chi connectivity index (χ3n) is 3.42. The van der Waals surface area contributed by atoms with E-state index in [0.29, 0.717) is 0 Å². The van der Waals surface area contributed by atoms with Crippen molar-refractivity contribution < 1.29 is 0 Å². The summed E-state index contributed by atoms with van der Waals surface area (Å²) in [4.78, 5) is 0. The molecule has 3 aromatic rings. The lowest BCUT2D eigenvalue weighted by Gasteiger charge is -2.05. The topological polar surface area (TPSA) is 34.8 Å². The third kappa shape index (κ3) is 2.57. The molecule has 2 aromatic heterocycles. The molecular formula is C15H17ClN4. The van der Waals surface area contributed by atoms with Crippen molar-refractivity contribution in [1.82, 2.24) is 19.7 Å². The summed E-state index contributed by atoms with van der Waals surface area (Å²) in [6.45, 7) is 2.58. The Morgan fingerprint density at radius 1 is 1.30 bits per heavy atom. The average Bonchev–Trinajstić information content (AvgIpc) is 3.05. The van der Waals surface area contributed by atoms with Crippen molar-refractivity contribution in [2.45, 2.75) is 19.6 Å². The molecule has 0 aliphatic heterocycles. The van der Waals surface area contributed by atoms with Gasteiger partial charge in [-0.2, -0.15) is 5.10 Å². The van der Waals surface area contributed by atoms with Crippen LogP contribution >= 0.6 is 11.6 Å². The molecule has 0 radical (unpaired) electrons. The van der Waals surface area contributed by atoms with Crippen molar-refractivity contribution in [3.63, 3.8) is 0 Å². The second kappa shape index (κ2) is 5.69. The van der Waals surface area contributed by atoms with Gasteiger partial charge in [0.25, 0.3) is 0 Å². The van der Waals surface area contributed by atoms with Gasteiger partial charge in [-0.3, -0.25) is 4.68 Å². The van der Waals surface area contributed by atoms with Gasteiger partial charge in [0, 0.05) is 47.6 Å². The van der Waals surface area contributed by atoms with E-state index in [9.17, 15) is 0 Å². The van der Waals surface area contributed by atoms with Gasteiger partial charge in [-0.15, -0.1) is 0 Å². The van der Waals surface area contributed by atoms with Gasteiger partial charge in [0.05, 0.1) is 6.54 Å². The Kier molecular flexibility index (Phi) is 3.76. The van der Waals surface area contributed by atoms with Gasteiger partial charge >= 0.3 is 0 Å². The Hall–Kier alpha value is -1.78. The summed E-state index contributed by atoms with van der Waals surface area (Å²) < 4.78 is 4.18. The van der Waals surface area contributed by atoms with Gasteiger partial charge in [-0.25, -0.2) is 0 Å². The van der Waals surface area contributed by atoms with E-state index in [1.807, 2.05) is 36.1 Å². The van der Waals surface area contributed by atoms with Crippen LogP contribution in [-0.4, -0.2) is 21.4 Å². The van der Waals surface area contributed by atoms with E-state index in [0.717, 1.165) is 24.7 Å². The Morgan fingerprint density at radius 2 is 2.20 bits per heavy atom. The van der Waals surface area contributed by atoms with Crippen LogP contribution in [0.2, 0.25) is 5.02 Å². The molecule has 104 valence electrons. The Bertz CT molecular complexity index is 700. The largest absolute Gasteiger partial charge is 0.345 e. The minimum absolute atomic E-state index is 0.770. The van der Waals surface area contributed by atoms with Crippen molar-refractivity contribution in [2.24, 2.45) is 0 Å². The number of rotatable bonds is 5. The SMILES string of the molecule is CNCc1cn(CCn2cccn2)c2cc(Cl)ccc12. The first-order valence-corrected chi connectivity index (χ1v) is 7.05. The maximum Gasteiger partial charge on any atom is 0.0588 e. The summed E-state index contributed by atoms with van der Waals surface area (Å²) in [7, 11) is 1.96. The third-order valence-corrected chi connectivity index (χ3v) is 3.66. The van der Waals surface area contributed by atoms with Gasteiger partial charge in [0.1, 0.15) is 0 Å². The molecule has 0 unspecified atom stereocenters. The fourth-order valence-corrected chi connectivity index (χ4v) is 2.67. The van der Waals surface area contributed by atoms with Gasteiger partial charge < -0.3 is 9.88 Å². The summed E-state index contributed by atoms with van der Waals surface area (Å²) in [6, 6.07) is 8.01. The molecule has 1 N–H and O–H groups in total. The minimum atomic E-state index is 0.770. The zero-order chi connectivity index (χ0) is 13.9. The Labute approximate surface area is 123 Å². The number of halogens is 1. The lowest BCUT2D eigenvalue weighted by molar-refractivity contribution is 0.542. The van der Waals surface area contributed by atoms with Crippen molar-refractivity contribution >= 4 is 22.5 Å². The smallest absolute Gasteiger partial charge is 0.0588 e. The number of hydrogen-bond acceptors (Lipinski definition) is 2. The zero-order valence-corrected chi connectivity index (χ0v) is 12.1. The minimum Gasteiger partial charge on any atom is -0.345 e. The van der Waals surface area contributed by atoms with Gasteiger partial charge in [-0.1, -0.05) is 17.7 Å². The van der Waals surface area contributed by atoms with Crippen molar-refractivity contribution in [1.29, 1.82) is 0 Å². The van der Waals surface area contributed by atoms with Crippen LogP contribution in [0.3, 0.4) is 0 Å². The van der Waals surface area contributed by atoms with Gasteiger partial charge in [0.15, 0.2) is 0 Å². The first-order chi connectivity index (χ1) is 9.78. The molecule has 20 heavy (non-hydrogen) atoms. The molecule has 0 bridgehead atoms. The van der Waals surface area contributed by atoms with Crippen LogP contribution < -0.4 is 5.32 Å². The normalized spacial score (nSPS) is 11.3. The predicted molar refractivity (Wildman–Crippen MR) is 81.9 cm³/mol. The summed E-state index contributed by atoms with van der Waals surface area (Å²) in [5.74, 6) is 0. The number of aryl methyl sites for hydroxylation is 2. The van der Waals surface area contributed by atoms with E-state index in [1.165, 1.54) is 16.5 Å². The van der Waals surface area contributed by atoms with Crippen LogP contribution in [-0.2, 0) is 19.6 Å². The number of aromatic nitrogens is 3. The molecule has 3 rings (SSSR count). The molecule has 0 amide bonds. The van der Waals surface area contributed by atoms with Crippen LogP contribution in [0.1, 0.15) is 5.56 Å². The van der Waals surface area contributed by atoms with Crippen molar-refractivity contribution in [3.05, 3.63) is 53.4 Å². The fourth-order valence-electron chi connectivity index (χ4n) is 2.50. The predicted octanol–water partition coefficient (Wildman–Crippen LogP) is 2.91. The monoisotopic (exact) mass is 288 g/mol. The Morgan fingerprint density at radius 3 is 2.95 bits per heavy atom. The second-order valence-electron chi connectivity index (χ2n) is 4.81. The maximum absolute atomic E-state index is 6.13. The summed E-state index contributed by atoms with van der Waals surface area (Å²) in [5, 5.41) is 9.47. The fraction of sp³-hybridized carbons (Fsp3) is 0.267. The van der Waals surface area contributed by atoms with E-state index in [2.05, 4.69) is 27.2 Å². The van der Waals surface area contributed by atoms with Gasteiger partial charge in [-0.05, 0) is 30.8 Å². The van der Waals surface area contributed by atoms with Crippen LogP contribution in [0, 0.1) is 0 Å². The molecule has 2 heterocycles. The highest BCUT2D eigenvalue weighted by Gasteiger charge is 2.08. The van der Waals surface area contributed by atoms with Crippen molar-refractivity contribution in [2.75, 3.05) is 7.05 Å². The van der Waals surface area contributed by atoms with E-state index in [1.54, 1.807) is 6.20 Å². The summed E-state index contributed by atoms with van der Waals surface area (Å²) in [5.41, 5.74) is 2.47.